The first-order chi connectivity index (χ1) is 8.11. The zero-order valence-corrected chi connectivity index (χ0v) is 9.37. The molecule has 0 atom stereocenters. The highest BCUT2D eigenvalue weighted by atomic mass is 19.1. The van der Waals surface area contributed by atoms with Gasteiger partial charge < -0.3 is 4.74 Å². The fourth-order valence-electron chi connectivity index (χ4n) is 1.46. The number of aromatic nitrogens is 2. The molecular weight excluding hydrogens is 226 g/mol. The summed E-state index contributed by atoms with van der Waals surface area (Å²) in [6, 6.07) is 4.27. The van der Waals surface area contributed by atoms with Gasteiger partial charge in [0.15, 0.2) is 5.82 Å². The van der Waals surface area contributed by atoms with Gasteiger partial charge in [0, 0.05) is 5.56 Å². The van der Waals surface area contributed by atoms with Crippen molar-refractivity contribution in [1.29, 1.82) is 0 Å². The summed E-state index contributed by atoms with van der Waals surface area (Å²) in [5.41, 5.74) is 1.32. The molecule has 0 N–H and O–H groups in total. The highest BCUT2D eigenvalue weighted by Crippen LogP contribution is 2.23. The normalized spacial score (nSPS) is 10.4. The first-order valence-electron chi connectivity index (χ1n) is 4.95. The second-order valence-corrected chi connectivity index (χ2v) is 3.51. The van der Waals surface area contributed by atoms with Crippen molar-refractivity contribution in [2.24, 2.45) is 0 Å². The van der Waals surface area contributed by atoms with Crippen molar-refractivity contribution in [3.8, 4) is 17.3 Å². The molecule has 88 valence electrons. The minimum absolute atomic E-state index is 0.154. The van der Waals surface area contributed by atoms with Gasteiger partial charge >= 0.3 is 0 Å². The Kier molecular flexibility index (Phi) is 2.99. The van der Waals surface area contributed by atoms with Crippen molar-refractivity contribution < 1.29 is 13.5 Å². The van der Waals surface area contributed by atoms with Gasteiger partial charge in [-0.2, -0.15) is 9.37 Å². The zero-order valence-electron chi connectivity index (χ0n) is 9.37. The number of nitrogens with zero attached hydrogens (tertiary/aromatic N) is 2. The fourth-order valence-corrected chi connectivity index (χ4v) is 1.46. The second-order valence-electron chi connectivity index (χ2n) is 3.51. The molecule has 0 aliphatic carbocycles. The van der Waals surface area contributed by atoms with E-state index < -0.39 is 11.6 Å². The molecular formula is C12H10F2N2O. The van der Waals surface area contributed by atoms with Crippen LogP contribution in [-0.2, 0) is 0 Å². The van der Waals surface area contributed by atoms with E-state index >= 15 is 0 Å². The summed E-state index contributed by atoms with van der Waals surface area (Å²) >= 11 is 0. The van der Waals surface area contributed by atoms with E-state index in [1.54, 1.807) is 13.0 Å². The van der Waals surface area contributed by atoms with E-state index in [4.69, 9.17) is 4.74 Å². The molecule has 3 nitrogen and oxygen atoms in total. The number of hydrogen-bond acceptors (Lipinski definition) is 3. The molecule has 0 amide bonds. The third kappa shape index (κ3) is 2.22. The van der Waals surface area contributed by atoms with Crippen LogP contribution in [0.5, 0.6) is 5.88 Å². The van der Waals surface area contributed by atoms with Crippen LogP contribution >= 0.6 is 0 Å². The van der Waals surface area contributed by atoms with Gasteiger partial charge in [-0.25, -0.2) is 9.37 Å². The van der Waals surface area contributed by atoms with Crippen LogP contribution in [0, 0.1) is 18.6 Å². The van der Waals surface area contributed by atoms with Crippen molar-refractivity contribution in [2.75, 3.05) is 7.11 Å². The van der Waals surface area contributed by atoms with Crippen molar-refractivity contribution >= 4 is 0 Å². The number of rotatable bonds is 2. The summed E-state index contributed by atoms with van der Waals surface area (Å²) in [6.45, 7) is 1.80. The van der Waals surface area contributed by atoms with Crippen molar-refractivity contribution in [1.82, 2.24) is 9.97 Å². The Morgan fingerprint density at radius 2 is 2.00 bits per heavy atom. The lowest BCUT2D eigenvalue weighted by atomic mass is 10.1. The number of hydrogen-bond donors (Lipinski definition) is 0. The van der Waals surface area contributed by atoms with Gasteiger partial charge in [-0.1, -0.05) is 6.07 Å². The van der Waals surface area contributed by atoms with Gasteiger partial charge in [0.25, 0.3) is 5.88 Å². The maximum absolute atomic E-state index is 13.1. The molecule has 0 radical (unpaired) electrons. The maximum Gasteiger partial charge on any atom is 0.253 e. The molecule has 0 saturated carbocycles. The first kappa shape index (κ1) is 11.4. The third-order valence-corrected chi connectivity index (χ3v) is 2.35. The number of ether oxygens (including phenoxy) is 1. The van der Waals surface area contributed by atoms with E-state index in [0.717, 1.165) is 11.8 Å². The lowest BCUT2D eigenvalue weighted by molar-refractivity contribution is 0.367. The van der Waals surface area contributed by atoms with E-state index in [1.165, 1.54) is 19.2 Å². The average molecular weight is 236 g/mol. The maximum atomic E-state index is 13.1. The number of halogens is 2. The van der Waals surface area contributed by atoms with Crippen LogP contribution in [0.4, 0.5) is 8.78 Å². The third-order valence-electron chi connectivity index (χ3n) is 2.35. The van der Waals surface area contributed by atoms with Crippen LogP contribution in [0.15, 0.2) is 24.4 Å². The van der Waals surface area contributed by atoms with Crippen molar-refractivity contribution in [2.45, 2.75) is 6.92 Å². The number of benzene rings is 1. The predicted octanol–water partition coefficient (Wildman–Crippen LogP) is 2.74. The summed E-state index contributed by atoms with van der Waals surface area (Å²) in [6.07, 6.45) is 1.01. The van der Waals surface area contributed by atoms with Gasteiger partial charge in [0.2, 0.25) is 5.82 Å². The smallest absolute Gasteiger partial charge is 0.253 e. The Hall–Kier alpha value is -2.04. The highest BCUT2D eigenvalue weighted by molar-refractivity contribution is 5.60. The molecule has 0 bridgehead atoms. The predicted molar refractivity (Wildman–Crippen MR) is 58.7 cm³/mol. The van der Waals surface area contributed by atoms with Gasteiger partial charge in [-0.15, -0.1) is 0 Å². The standard InChI is InChI=1S/C12H10F2N2O/c1-7-3-4-8(13)5-9(7)11-15-6-10(14)12(16-11)17-2/h3-6H,1-2H3. The SMILES string of the molecule is COc1nc(-c2cc(F)ccc2C)ncc1F. The van der Waals surface area contributed by atoms with E-state index in [0.29, 0.717) is 5.56 Å². The zero-order chi connectivity index (χ0) is 12.4. The molecule has 2 rings (SSSR count). The molecule has 0 fully saturated rings. The van der Waals surface area contributed by atoms with Crippen LogP contribution in [0.1, 0.15) is 5.56 Å². The fraction of sp³-hybridized carbons (Fsp3) is 0.167. The highest BCUT2D eigenvalue weighted by Gasteiger charge is 2.11. The van der Waals surface area contributed by atoms with E-state index in [1.807, 2.05) is 0 Å². The van der Waals surface area contributed by atoms with Gasteiger partial charge in [0.05, 0.1) is 13.3 Å². The lowest BCUT2D eigenvalue weighted by Gasteiger charge is -2.06. The van der Waals surface area contributed by atoms with Crippen LogP contribution in [-0.4, -0.2) is 17.1 Å². The molecule has 0 aliphatic heterocycles. The Bertz CT molecular complexity index is 558. The average Bonchev–Trinajstić information content (AvgIpc) is 2.33. The minimum Gasteiger partial charge on any atom is -0.479 e. The number of aryl methyl sites for hydroxylation is 1. The summed E-state index contributed by atoms with van der Waals surface area (Å²) in [5.74, 6) is -0.957. The molecule has 1 aromatic heterocycles. The van der Waals surface area contributed by atoms with Gasteiger partial charge in [0.1, 0.15) is 5.82 Å². The molecule has 5 heteroatoms. The Balaban J connectivity index is 2.56. The van der Waals surface area contributed by atoms with Crippen LogP contribution in [0.2, 0.25) is 0 Å². The first-order valence-corrected chi connectivity index (χ1v) is 4.95. The summed E-state index contributed by atoms with van der Waals surface area (Å²) in [5, 5.41) is 0. The molecule has 17 heavy (non-hydrogen) atoms. The minimum atomic E-state index is -0.648. The molecule has 0 saturated heterocycles. The van der Waals surface area contributed by atoms with Crippen LogP contribution in [0.3, 0.4) is 0 Å². The quantitative estimate of drug-likeness (QED) is 0.804. The summed E-state index contributed by atoms with van der Waals surface area (Å²) in [4.78, 5) is 7.71. The van der Waals surface area contributed by atoms with Crippen LogP contribution in [0.25, 0.3) is 11.4 Å². The second kappa shape index (κ2) is 4.45. The van der Waals surface area contributed by atoms with E-state index in [-0.39, 0.29) is 11.7 Å². The summed E-state index contributed by atoms with van der Waals surface area (Å²) < 4.78 is 31.0. The van der Waals surface area contributed by atoms with E-state index in [9.17, 15) is 8.78 Å². The van der Waals surface area contributed by atoms with Crippen LogP contribution < -0.4 is 4.74 Å². The number of methoxy groups -OCH3 is 1. The molecule has 0 aliphatic rings. The molecule has 0 spiro atoms. The monoisotopic (exact) mass is 236 g/mol. The Morgan fingerprint density at radius 1 is 1.24 bits per heavy atom. The van der Waals surface area contributed by atoms with Gasteiger partial charge in [-0.3, -0.25) is 0 Å². The molecule has 1 heterocycles. The Morgan fingerprint density at radius 3 is 2.71 bits per heavy atom. The van der Waals surface area contributed by atoms with E-state index in [2.05, 4.69) is 9.97 Å². The topological polar surface area (TPSA) is 35.0 Å². The molecule has 0 unspecified atom stereocenters. The molecule has 1 aromatic carbocycles. The van der Waals surface area contributed by atoms with Crippen molar-refractivity contribution in [3.05, 3.63) is 41.6 Å². The van der Waals surface area contributed by atoms with Gasteiger partial charge in [-0.05, 0) is 24.6 Å². The van der Waals surface area contributed by atoms with Crippen molar-refractivity contribution in [3.63, 3.8) is 0 Å². The lowest BCUT2D eigenvalue weighted by Crippen LogP contribution is -1.98. The molecule has 2 aromatic rings. The summed E-state index contributed by atoms with van der Waals surface area (Å²) in [7, 11) is 1.31. The largest absolute Gasteiger partial charge is 0.479 e. The Labute approximate surface area is 97.1 Å².